The fraction of sp³-hybridized carbons (Fsp3) is 0.769. The van der Waals surface area contributed by atoms with Crippen molar-refractivity contribution in [3.63, 3.8) is 0 Å². The van der Waals surface area contributed by atoms with E-state index in [2.05, 4.69) is 25.8 Å². The van der Waals surface area contributed by atoms with Gasteiger partial charge in [0, 0.05) is 11.8 Å². The van der Waals surface area contributed by atoms with Crippen LogP contribution in [0.2, 0.25) is 0 Å². The summed E-state index contributed by atoms with van der Waals surface area (Å²) in [5.74, 6) is 9.20. The average Bonchev–Trinajstić information content (AvgIpc) is 2.58. The maximum absolute atomic E-state index is 6.08. The van der Waals surface area contributed by atoms with E-state index >= 15 is 0 Å². The molecule has 0 atom stereocenters. The molecule has 4 heteroatoms. The Balaban J connectivity index is 2.24. The third-order valence-corrected chi connectivity index (χ3v) is 3.92. The second-order valence-corrected chi connectivity index (χ2v) is 5.72. The molecule has 1 saturated carbocycles. The molecule has 0 bridgehead atoms. The van der Waals surface area contributed by atoms with Crippen molar-refractivity contribution in [1.82, 2.24) is 9.66 Å². The summed E-state index contributed by atoms with van der Waals surface area (Å²) in [5, 5.41) is 0. The lowest BCUT2D eigenvalue weighted by Gasteiger charge is -2.25. The fourth-order valence-corrected chi connectivity index (χ4v) is 2.72. The topological polar surface area (TPSA) is 69.9 Å². The molecule has 2 rings (SSSR count). The molecule has 1 aliphatic rings. The molecule has 17 heavy (non-hydrogen) atoms. The first kappa shape index (κ1) is 12.3. The minimum atomic E-state index is 0.318. The first-order valence-electron chi connectivity index (χ1n) is 6.63. The average molecular weight is 236 g/mol. The maximum atomic E-state index is 6.08. The van der Waals surface area contributed by atoms with Gasteiger partial charge in [0.2, 0.25) is 0 Å². The van der Waals surface area contributed by atoms with Gasteiger partial charge in [-0.15, -0.1) is 0 Å². The molecule has 0 spiro atoms. The summed E-state index contributed by atoms with van der Waals surface area (Å²) in [6, 6.07) is 0. The number of anilines is 1. The van der Waals surface area contributed by atoms with Gasteiger partial charge in [0.15, 0.2) is 0 Å². The first-order chi connectivity index (χ1) is 8.00. The van der Waals surface area contributed by atoms with E-state index in [-0.39, 0.29) is 0 Å². The van der Waals surface area contributed by atoms with Crippen LogP contribution in [0.15, 0.2) is 0 Å². The Hall–Kier alpha value is -1.19. The summed E-state index contributed by atoms with van der Waals surface area (Å²) < 4.78 is 1.57. The van der Waals surface area contributed by atoms with Crippen molar-refractivity contribution in [2.45, 2.75) is 58.3 Å². The van der Waals surface area contributed by atoms with Crippen molar-refractivity contribution < 1.29 is 0 Å². The Morgan fingerprint density at radius 3 is 2.29 bits per heavy atom. The molecule has 1 fully saturated rings. The monoisotopic (exact) mass is 236 g/mol. The molecule has 4 nitrogen and oxygen atoms in total. The van der Waals surface area contributed by atoms with Crippen LogP contribution in [0.3, 0.4) is 0 Å². The number of imidazole rings is 1. The van der Waals surface area contributed by atoms with Gasteiger partial charge in [0.1, 0.15) is 11.6 Å². The van der Waals surface area contributed by atoms with Gasteiger partial charge in [-0.3, -0.25) is 0 Å². The van der Waals surface area contributed by atoms with E-state index in [0.717, 1.165) is 17.4 Å². The zero-order valence-corrected chi connectivity index (χ0v) is 11.1. The van der Waals surface area contributed by atoms with Gasteiger partial charge in [-0.05, 0) is 18.8 Å². The first-order valence-corrected chi connectivity index (χ1v) is 6.63. The van der Waals surface area contributed by atoms with Crippen LogP contribution in [0.25, 0.3) is 0 Å². The summed E-state index contributed by atoms with van der Waals surface area (Å²) in [6.07, 6.45) is 4.94. The summed E-state index contributed by atoms with van der Waals surface area (Å²) in [6.45, 7) is 6.51. The van der Waals surface area contributed by atoms with Crippen molar-refractivity contribution in [2.75, 3.05) is 11.6 Å². The third-order valence-electron chi connectivity index (χ3n) is 3.92. The quantitative estimate of drug-likeness (QED) is 0.775. The van der Waals surface area contributed by atoms with Gasteiger partial charge in [-0.25, -0.2) is 9.66 Å². The van der Waals surface area contributed by atoms with Crippen LogP contribution in [0.5, 0.6) is 0 Å². The Morgan fingerprint density at radius 2 is 1.82 bits per heavy atom. The molecule has 0 aromatic carbocycles. The van der Waals surface area contributed by atoms with E-state index < -0.39 is 0 Å². The van der Waals surface area contributed by atoms with Gasteiger partial charge >= 0.3 is 0 Å². The molecular weight excluding hydrogens is 212 g/mol. The Bertz CT molecular complexity index is 386. The number of aromatic nitrogens is 2. The molecule has 96 valence electrons. The number of nitrogen functional groups attached to an aromatic ring is 2. The Labute approximate surface area is 103 Å². The standard InChI is InChI=1S/C13H24N4/c1-8(2)13-16-11(12(14)17(13)15)10-6-4-9(3)5-7-10/h8-10H,4-7,14-15H2,1-3H3. The van der Waals surface area contributed by atoms with E-state index in [1.165, 1.54) is 25.7 Å². The zero-order chi connectivity index (χ0) is 12.6. The number of nitrogens with zero attached hydrogens (tertiary/aromatic N) is 2. The molecule has 4 N–H and O–H groups in total. The van der Waals surface area contributed by atoms with Gasteiger partial charge in [-0.1, -0.05) is 33.6 Å². The molecule has 0 radical (unpaired) electrons. The number of hydrogen-bond donors (Lipinski definition) is 2. The minimum Gasteiger partial charge on any atom is -0.382 e. The predicted octanol–water partition coefficient (Wildman–Crippen LogP) is 2.60. The van der Waals surface area contributed by atoms with Crippen molar-refractivity contribution >= 4 is 5.82 Å². The fourth-order valence-electron chi connectivity index (χ4n) is 2.72. The lowest BCUT2D eigenvalue weighted by atomic mass is 9.81. The third kappa shape index (κ3) is 2.26. The highest BCUT2D eigenvalue weighted by Crippen LogP contribution is 2.37. The second kappa shape index (κ2) is 4.59. The highest BCUT2D eigenvalue weighted by molar-refractivity contribution is 5.41. The predicted molar refractivity (Wildman–Crippen MR) is 71.3 cm³/mol. The summed E-state index contributed by atoms with van der Waals surface area (Å²) in [7, 11) is 0. The highest BCUT2D eigenvalue weighted by atomic mass is 15.4. The minimum absolute atomic E-state index is 0.318. The lowest BCUT2D eigenvalue weighted by Crippen LogP contribution is -2.17. The van der Waals surface area contributed by atoms with Crippen molar-refractivity contribution in [3.05, 3.63) is 11.5 Å². The molecule has 0 aliphatic heterocycles. The van der Waals surface area contributed by atoms with Crippen molar-refractivity contribution in [2.24, 2.45) is 5.92 Å². The van der Waals surface area contributed by atoms with Crippen LogP contribution < -0.4 is 11.6 Å². The molecule has 0 amide bonds. The zero-order valence-electron chi connectivity index (χ0n) is 11.1. The smallest absolute Gasteiger partial charge is 0.146 e. The van der Waals surface area contributed by atoms with Crippen LogP contribution in [-0.2, 0) is 0 Å². The summed E-state index contributed by atoms with van der Waals surface area (Å²) >= 11 is 0. The number of rotatable bonds is 2. The number of nitrogens with two attached hydrogens (primary N) is 2. The van der Waals surface area contributed by atoms with Crippen molar-refractivity contribution in [3.8, 4) is 0 Å². The second-order valence-electron chi connectivity index (χ2n) is 5.72. The van der Waals surface area contributed by atoms with Crippen molar-refractivity contribution in [1.29, 1.82) is 0 Å². The lowest BCUT2D eigenvalue weighted by molar-refractivity contribution is 0.345. The highest BCUT2D eigenvalue weighted by Gasteiger charge is 2.26. The molecule has 1 aromatic rings. The van der Waals surface area contributed by atoms with E-state index in [9.17, 15) is 0 Å². The van der Waals surface area contributed by atoms with Crippen LogP contribution in [0.4, 0.5) is 5.82 Å². The van der Waals surface area contributed by atoms with Gasteiger partial charge < -0.3 is 11.6 Å². The summed E-state index contributed by atoms with van der Waals surface area (Å²) in [4.78, 5) is 4.67. The molecule has 0 unspecified atom stereocenters. The molecule has 1 aliphatic carbocycles. The van der Waals surface area contributed by atoms with Gasteiger partial charge in [0.25, 0.3) is 0 Å². The summed E-state index contributed by atoms with van der Waals surface area (Å²) in [5.41, 5.74) is 7.11. The van der Waals surface area contributed by atoms with E-state index in [4.69, 9.17) is 11.6 Å². The van der Waals surface area contributed by atoms with E-state index in [0.29, 0.717) is 17.7 Å². The van der Waals surface area contributed by atoms with E-state index in [1.54, 1.807) is 4.68 Å². The largest absolute Gasteiger partial charge is 0.382 e. The van der Waals surface area contributed by atoms with E-state index in [1.807, 2.05) is 0 Å². The molecular formula is C13H24N4. The van der Waals surface area contributed by atoms with Crippen LogP contribution in [-0.4, -0.2) is 9.66 Å². The Kier molecular flexibility index (Phi) is 3.31. The Morgan fingerprint density at radius 1 is 1.24 bits per heavy atom. The maximum Gasteiger partial charge on any atom is 0.146 e. The van der Waals surface area contributed by atoms with Gasteiger partial charge in [0.05, 0.1) is 5.69 Å². The SMILES string of the molecule is CC1CCC(c2nc(C(C)C)n(N)c2N)CC1. The van der Waals surface area contributed by atoms with Gasteiger partial charge in [-0.2, -0.15) is 0 Å². The number of hydrogen-bond acceptors (Lipinski definition) is 3. The van der Waals surface area contributed by atoms with Crippen LogP contribution in [0.1, 0.15) is 69.8 Å². The molecule has 1 aromatic heterocycles. The van der Waals surface area contributed by atoms with Crippen LogP contribution >= 0.6 is 0 Å². The molecule has 1 heterocycles. The normalized spacial score (nSPS) is 25.4. The molecule has 0 saturated heterocycles. The van der Waals surface area contributed by atoms with Crippen LogP contribution in [0, 0.1) is 5.92 Å².